The molecule has 1 aliphatic rings. The Balaban J connectivity index is 2.43. The van der Waals surface area contributed by atoms with E-state index < -0.39 is 0 Å². The molecule has 1 N–H and O–H groups in total. The van der Waals surface area contributed by atoms with E-state index in [1.165, 1.54) is 19.3 Å². The molecule has 1 rings (SSSR count). The van der Waals surface area contributed by atoms with E-state index in [0.717, 1.165) is 12.8 Å². The number of nitrogens with zero attached hydrogens (tertiary/aromatic N) is 1. The first-order valence-corrected chi connectivity index (χ1v) is 7.90. The smallest absolute Gasteiger partial charge is 0.240 e. The van der Waals surface area contributed by atoms with Gasteiger partial charge in [-0.1, -0.05) is 19.3 Å². The highest BCUT2D eigenvalue weighted by molar-refractivity contribution is 5.85. The van der Waals surface area contributed by atoms with Crippen molar-refractivity contribution in [1.29, 1.82) is 0 Å². The molecule has 1 aliphatic carbocycles. The van der Waals surface area contributed by atoms with E-state index in [-0.39, 0.29) is 23.9 Å². The van der Waals surface area contributed by atoms with Crippen molar-refractivity contribution in [3.63, 3.8) is 0 Å². The molecule has 1 fully saturated rings. The molecule has 0 bridgehead atoms. The van der Waals surface area contributed by atoms with E-state index in [1.807, 2.05) is 27.7 Å². The SMILES string of the molecule is CCN(CC(=O)NC(C)(C)C)C(=O)CC1CCCCC1. The summed E-state index contributed by atoms with van der Waals surface area (Å²) in [6.07, 6.45) is 6.73. The van der Waals surface area contributed by atoms with Crippen LogP contribution in [0.4, 0.5) is 0 Å². The van der Waals surface area contributed by atoms with E-state index in [1.54, 1.807) is 4.90 Å². The van der Waals surface area contributed by atoms with Gasteiger partial charge in [-0.25, -0.2) is 0 Å². The molecule has 0 unspecified atom stereocenters. The zero-order valence-corrected chi connectivity index (χ0v) is 13.5. The van der Waals surface area contributed by atoms with E-state index in [4.69, 9.17) is 0 Å². The molecule has 0 atom stereocenters. The van der Waals surface area contributed by atoms with Crippen LogP contribution in [-0.4, -0.2) is 35.3 Å². The van der Waals surface area contributed by atoms with Crippen molar-refractivity contribution in [2.24, 2.45) is 5.92 Å². The van der Waals surface area contributed by atoms with Crippen molar-refractivity contribution in [2.45, 2.75) is 71.8 Å². The summed E-state index contributed by atoms with van der Waals surface area (Å²) in [5, 5.41) is 2.91. The van der Waals surface area contributed by atoms with Crippen LogP contribution in [-0.2, 0) is 9.59 Å². The molecule has 1 saturated carbocycles. The first-order chi connectivity index (χ1) is 9.31. The minimum absolute atomic E-state index is 0.0728. The Morgan fingerprint density at radius 3 is 2.25 bits per heavy atom. The summed E-state index contributed by atoms with van der Waals surface area (Å²) >= 11 is 0. The number of carbonyl (C=O) groups excluding carboxylic acids is 2. The van der Waals surface area contributed by atoms with Gasteiger partial charge in [0.25, 0.3) is 0 Å². The quantitative estimate of drug-likeness (QED) is 0.843. The fourth-order valence-corrected chi connectivity index (χ4v) is 2.77. The molecule has 0 aromatic carbocycles. The predicted molar refractivity (Wildman–Crippen MR) is 81.3 cm³/mol. The molecule has 4 heteroatoms. The van der Waals surface area contributed by atoms with Crippen LogP contribution in [0.2, 0.25) is 0 Å². The lowest BCUT2D eigenvalue weighted by Crippen LogP contribution is -2.47. The number of nitrogens with one attached hydrogen (secondary N) is 1. The number of hydrogen-bond donors (Lipinski definition) is 1. The van der Waals surface area contributed by atoms with E-state index in [9.17, 15) is 9.59 Å². The molecule has 4 nitrogen and oxygen atoms in total. The normalized spacial score (nSPS) is 16.8. The van der Waals surface area contributed by atoms with E-state index in [0.29, 0.717) is 18.9 Å². The Morgan fingerprint density at radius 2 is 1.75 bits per heavy atom. The first-order valence-electron chi connectivity index (χ1n) is 7.90. The fourth-order valence-electron chi connectivity index (χ4n) is 2.77. The lowest BCUT2D eigenvalue weighted by molar-refractivity contribution is -0.137. The second kappa shape index (κ2) is 7.65. The lowest BCUT2D eigenvalue weighted by atomic mass is 9.86. The summed E-state index contributed by atoms with van der Waals surface area (Å²) in [5.74, 6) is 0.579. The van der Waals surface area contributed by atoms with Gasteiger partial charge in [0.05, 0.1) is 6.54 Å². The van der Waals surface area contributed by atoms with Crippen LogP contribution in [0.1, 0.15) is 66.2 Å². The highest BCUT2D eigenvalue weighted by Gasteiger charge is 2.23. The summed E-state index contributed by atoms with van der Waals surface area (Å²) in [5.41, 5.74) is -0.247. The van der Waals surface area contributed by atoms with Crippen molar-refractivity contribution < 1.29 is 9.59 Å². The molecule has 0 radical (unpaired) electrons. The second-order valence-corrected chi connectivity index (χ2v) is 6.91. The zero-order valence-electron chi connectivity index (χ0n) is 13.5. The van der Waals surface area contributed by atoms with Gasteiger partial charge in [0, 0.05) is 18.5 Å². The molecule has 0 saturated heterocycles. The van der Waals surface area contributed by atoms with Crippen molar-refractivity contribution in [3.8, 4) is 0 Å². The third-order valence-corrected chi connectivity index (χ3v) is 3.77. The minimum atomic E-state index is -0.247. The van der Waals surface area contributed by atoms with Gasteiger partial charge in [-0.3, -0.25) is 9.59 Å². The summed E-state index contributed by atoms with van der Waals surface area (Å²) < 4.78 is 0. The van der Waals surface area contributed by atoms with Crippen LogP contribution < -0.4 is 5.32 Å². The van der Waals surface area contributed by atoms with Crippen LogP contribution in [0.25, 0.3) is 0 Å². The molecule has 0 spiro atoms. The number of rotatable bonds is 5. The molecule has 2 amide bonds. The van der Waals surface area contributed by atoms with Crippen LogP contribution in [0, 0.1) is 5.92 Å². The standard InChI is InChI=1S/C16H30N2O2/c1-5-18(12-14(19)17-16(2,3)4)15(20)11-13-9-7-6-8-10-13/h13H,5-12H2,1-4H3,(H,17,19). The number of hydrogen-bond acceptors (Lipinski definition) is 2. The van der Waals surface area contributed by atoms with E-state index >= 15 is 0 Å². The maximum absolute atomic E-state index is 12.3. The second-order valence-electron chi connectivity index (χ2n) is 6.91. The maximum atomic E-state index is 12.3. The van der Waals surface area contributed by atoms with Gasteiger partial charge in [-0.2, -0.15) is 0 Å². The molecule has 0 heterocycles. The average Bonchev–Trinajstić information content (AvgIpc) is 2.35. The van der Waals surface area contributed by atoms with Gasteiger partial charge in [0.15, 0.2) is 0 Å². The Kier molecular flexibility index (Phi) is 6.50. The molecular weight excluding hydrogens is 252 g/mol. The van der Waals surface area contributed by atoms with Crippen molar-refractivity contribution in [1.82, 2.24) is 10.2 Å². The average molecular weight is 282 g/mol. The van der Waals surface area contributed by atoms with Gasteiger partial charge < -0.3 is 10.2 Å². The van der Waals surface area contributed by atoms with Crippen LogP contribution in [0.15, 0.2) is 0 Å². The Morgan fingerprint density at radius 1 is 1.15 bits per heavy atom. The maximum Gasteiger partial charge on any atom is 0.240 e. The largest absolute Gasteiger partial charge is 0.350 e. The van der Waals surface area contributed by atoms with Crippen molar-refractivity contribution >= 4 is 11.8 Å². The number of amides is 2. The van der Waals surface area contributed by atoms with Crippen LogP contribution >= 0.6 is 0 Å². The van der Waals surface area contributed by atoms with Crippen LogP contribution in [0.3, 0.4) is 0 Å². The molecule has 0 aromatic heterocycles. The van der Waals surface area contributed by atoms with Crippen molar-refractivity contribution in [2.75, 3.05) is 13.1 Å². The fraction of sp³-hybridized carbons (Fsp3) is 0.875. The van der Waals surface area contributed by atoms with E-state index in [2.05, 4.69) is 5.32 Å². The minimum Gasteiger partial charge on any atom is -0.350 e. The number of carbonyl (C=O) groups is 2. The van der Waals surface area contributed by atoms with Gasteiger partial charge in [-0.15, -0.1) is 0 Å². The highest BCUT2D eigenvalue weighted by Crippen LogP contribution is 2.26. The molecule has 20 heavy (non-hydrogen) atoms. The van der Waals surface area contributed by atoms with Crippen LogP contribution in [0.5, 0.6) is 0 Å². The zero-order chi connectivity index (χ0) is 15.2. The number of likely N-dealkylation sites (N-methyl/N-ethyl adjacent to an activating group) is 1. The topological polar surface area (TPSA) is 49.4 Å². The highest BCUT2D eigenvalue weighted by atomic mass is 16.2. The van der Waals surface area contributed by atoms with Gasteiger partial charge in [0.2, 0.25) is 11.8 Å². The molecule has 116 valence electrons. The first kappa shape index (κ1) is 17.0. The third kappa shape index (κ3) is 6.40. The summed E-state index contributed by atoms with van der Waals surface area (Å²) in [6.45, 7) is 8.56. The molecule has 0 aromatic rings. The summed E-state index contributed by atoms with van der Waals surface area (Å²) in [4.78, 5) is 25.9. The van der Waals surface area contributed by atoms with Crippen molar-refractivity contribution in [3.05, 3.63) is 0 Å². The van der Waals surface area contributed by atoms with Gasteiger partial charge in [0.1, 0.15) is 0 Å². The molecule has 0 aliphatic heterocycles. The Bertz CT molecular complexity index is 328. The Labute approximate surface area is 123 Å². The van der Waals surface area contributed by atoms with Gasteiger partial charge >= 0.3 is 0 Å². The summed E-state index contributed by atoms with van der Waals surface area (Å²) in [7, 11) is 0. The Hall–Kier alpha value is -1.06. The summed E-state index contributed by atoms with van der Waals surface area (Å²) in [6, 6.07) is 0. The van der Waals surface area contributed by atoms with Gasteiger partial charge in [-0.05, 0) is 46.5 Å². The third-order valence-electron chi connectivity index (χ3n) is 3.77. The lowest BCUT2D eigenvalue weighted by Gasteiger charge is -2.27. The monoisotopic (exact) mass is 282 g/mol. The predicted octanol–water partition coefficient (Wildman–Crippen LogP) is 2.72. The molecular formula is C16H30N2O2.